The minimum atomic E-state index is 0.451. The average molecular weight is 236 g/mol. The van der Waals surface area contributed by atoms with Gasteiger partial charge in [-0.2, -0.15) is 0 Å². The van der Waals surface area contributed by atoms with Crippen LogP contribution in [0.25, 0.3) is 0 Å². The SMILES string of the molecule is CN(C)CCOc1cccc(NC2COC2)c1. The van der Waals surface area contributed by atoms with E-state index in [0.29, 0.717) is 12.6 Å². The fraction of sp³-hybridized carbons (Fsp3) is 0.538. The predicted molar refractivity (Wildman–Crippen MR) is 68.7 cm³/mol. The van der Waals surface area contributed by atoms with Crippen LogP contribution in [0.3, 0.4) is 0 Å². The fourth-order valence-electron chi connectivity index (χ4n) is 1.58. The molecule has 1 saturated heterocycles. The second kappa shape index (κ2) is 5.89. The summed E-state index contributed by atoms with van der Waals surface area (Å²) in [6.45, 7) is 3.23. The molecule has 1 aliphatic heterocycles. The molecule has 1 aromatic carbocycles. The molecule has 0 radical (unpaired) electrons. The summed E-state index contributed by atoms with van der Waals surface area (Å²) >= 11 is 0. The highest BCUT2D eigenvalue weighted by atomic mass is 16.5. The van der Waals surface area contributed by atoms with E-state index in [4.69, 9.17) is 9.47 Å². The van der Waals surface area contributed by atoms with Crippen molar-refractivity contribution < 1.29 is 9.47 Å². The Kier molecular flexibility index (Phi) is 4.23. The van der Waals surface area contributed by atoms with Crippen molar-refractivity contribution in [3.8, 4) is 5.75 Å². The van der Waals surface area contributed by atoms with Gasteiger partial charge in [-0.05, 0) is 26.2 Å². The van der Waals surface area contributed by atoms with Crippen molar-refractivity contribution in [2.24, 2.45) is 0 Å². The summed E-state index contributed by atoms with van der Waals surface area (Å²) in [5, 5.41) is 3.40. The molecule has 0 aliphatic carbocycles. The van der Waals surface area contributed by atoms with Gasteiger partial charge in [-0.1, -0.05) is 6.07 Å². The monoisotopic (exact) mass is 236 g/mol. The summed E-state index contributed by atoms with van der Waals surface area (Å²) in [7, 11) is 4.08. The molecule has 2 rings (SSSR count). The van der Waals surface area contributed by atoms with Crippen LogP contribution in [0.4, 0.5) is 5.69 Å². The van der Waals surface area contributed by atoms with Gasteiger partial charge >= 0.3 is 0 Å². The zero-order valence-corrected chi connectivity index (χ0v) is 10.5. The number of hydrogen-bond acceptors (Lipinski definition) is 4. The Morgan fingerprint density at radius 3 is 2.88 bits per heavy atom. The Morgan fingerprint density at radius 2 is 2.24 bits per heavy atom. The first kappa shape index (κ1) is 12.2. The summed E-state index contributed by atoms with van der Waals surface area (Å²) in [4.78, 5) is 2.10. The maximum Gasteiger partial charge on any atom is 0.121 e. The Morgan fingerprint density at radius 1 is 1.41 bits per heavy atom. The molecule has 1 aromatic rings. The lowest BCUT2D eigenvalue weighted by molar-refractivity contribution is 0.0211. The van der Waals surface area contributed by atoms with Crippen molar-refractivity contribution in [2.45, 2.75) is 6.04 Å². The fourth-order valence-corrected chi connectivity index (χ4v) is 1.58. The summed E-state index contributed by atoms with van der Waals surface area (Å²) in [5.74, 6) is 0.914. The van der Waals surface area contributed by atoms with Crippen molar-refractivity contribution in [1.82, 2.24) is 4.90 Å². The third-order valence-electron chi connectivity index (χ3n) is 2.65. The van der Waals surface area contributed by atoms with Crippen LogP contribution in [0.5, 0.6) is 5.75 Å². The maximum atomic E-state index is 5.68. The van der Waals surface area contributed by atoms with Gasteiger partial charge in [0.1, 0.15) is 12.4 Å². The largest absolute Gasteiger partial charge is 0.492 e. The van der Waals surface area contributed by atoms with E-state index in [1.165, 1.54) is 0 Å². The minimum Gasteiger partial charge on any atom is -0.492 e. The zero-order valence-electron chi connectivity index (χ0n) is 10.5. The molecule has 0 bridgehead atoms. The van der Waals surface area contributed by atoms with E-state index >= 15 is 0 Å². The van der Waals surface area contributed by atoms with Crippen LogP contribution < -0.4 is 10.1 Å². The van der Waals surface area contributed by atoms with Crippen molar-refractivity contribution in [2.75, 3.05) is 45.8 Å². The van der Waals surface area contributed by atoms with E-state index in [0.717, 1.165) is 31.2 Å². The highest BCUT2D eigenvalue weighted by Crippen LogP contribution is 2.19. The third-order valence-corrected chi connectivity index (χ3v) is 2.65. The Hall–Kier alpha value is -1.26. The van der Waals surface area contributed by atoms with Gasteiger partial charge in [0.25, 0.3) is 0 Å². The van der Waals surface area contributed by atoms with Gasteiger partial charge in [-0.3, -0.25) is 0 Å². The molecule has 0 unspecified atom stereocenters. The molecule has 4 nitrogen and oxygen atoms in total. The molecule has 0 spiro atoms. The first-order chi connectivity index (χ1) is 8.24. The predicted octanol–water partition coefficient (Wildman–Crippen LogP) is 1.44. The van der Waals surface area contributed by atoms with Crippen molar-refractivity contribution in [3.63, 3.8) is 0 Å². The summed E-state index contributed by atoms with van der Waals surface area (Å²) in [6.07, 6.45) is 0. The molecule has 0 saturated carbocycles. The topological polar surface area (TPSA) is 33.7 Å². The Balaban J connectivity index is 1.82. The smallest absolute Gasteiger partial charge is 0.121 e. The summed E-state index contributed by atoms with van der Waals surface area (Å²) in [6, 6.07) is 8.53. The Labute approximate surface area is 103 Å². The molecular formula is C13H20N2O2. The van der Waals surface area contributed by atoms with E-state index in [9.17, 15) is 0 Å². The number of nitrogens with one attached hydrogen (secondary N) is 1. The van der Waals surface area contributed by atoms with Crippen molar-refractivity contribution >= 4 is 5.69 Å². The van der Waals surface area contributed by atoms with Gasteiger partial charge in [0, 0.05) is 18.3 Å². The molecule has 1 N–H and O–H groups in total. The van der Waals surface area contributed by atoms with E-state index < -0.39 is 0 Å². The molecule has 1 heterocycles. The maximum absolute atomic E-state index is 5.68. The number of benzene rings is 1. The van der Waals surface area contributed by atoms with E-state index in [1.54, 1.807) is 0 Å². The molecule has 1 fully saturated rings. The van der Waals surface area contributed by atoms with Crippen LogP contribution in [0.2, 0.25) is 0 Å². The van der Waals surface area contributed by atoms with Gasteiger partial charge in [0.15, 0.2) is 0 Å². The van der Waals surface area contributed by atoms with Crippen LogP contribution >= 0.6 is 0 Å². The third kappa shape index (κ3) is 3.91. The first-order valence-corrected chi connectivity index (χ1v) is 5.96. The second-order valence-electron chi connectivity index (χ2n) is 4.56. The number of nitrogens with zero attached hydrogens (tertiary/aromatic N) is 1. The molecule has 0 atom stereocenters. The lowest BCUT2D eigenvalue weighted by Gasteiger charge is -2.27. The number of rotatable bonds is 6. The molecule has 17 heavy (non-hydrogen) atoms. The van der Waals surface area contributed by atoms with Crippen LogP contribution in [0, 0.1) is 0 Å². The van der Waals surface area contributed by atoms with Crippen LogP contribution in [0.15, 0.2) is 24.3 Å². The van der Waals surface area contributed by atoms with Crippen molar-refractivity contribution in [1.29, 1.82) is 0 Å². The zero-order chi connectivity index (χ0) is 12.1. The summed E-state index contributed by atoms with van der Waals surface area (Å²) < 4.78 is 10.8. The van der Waals surface area contributed by atoms with Gasteiger partial charge in [0.05, 0.1) is 19.3 Å². The van der Waals surface area contributed by atoms with Gasteiger partial charge in [0.2, 0.25) is 0 Å². The van der Waals surface area contributed by atoms with Crippen LogP contribution in [-0.4, -0.2) is 51.4 Å². The second-order valence-corrected chi connectivity index (χ2v) is 4.56. The average Bonchev–Trinajstić information content (AvgIpc) is 2.24. The standard InChI is InChI=1S/C13H20N2O2/c1-15(2)6-7-17-13-5-3-4-11(8-13)14-12-9-16-10-12/h3-5,8,12,14H,6-7,9-10H2,1-2H3. The van der Waals surface area contributed by atoms with Gasteiger partial charge in [-0.25, -0.2) is 0 Å². The number of ether oxygens (including phenoxy) is 2. The number of anilines is 1. The molecule has 0 amide bonds. The van der Waals surface area contributed by atoms with Crippen LogP contribution in [-0.2, 0) is 4.74 Å². The van der Waals surface area contributed by atoms with Gasteiger partial charge < -0.3 is 19.7 Å². The lowest BCUT2D eigenvalue weighted by atomic mass is 10.2. The molecule has 1 aliphatic rings. The van der Waals surface area contributed by atoms with E-state index in [-0.39, 0.29) is 0 Å². The molecular weight excluding hydrogens is 216 g/mol. The highest BCUT2D eigenvalue weighted by Gasteiger charge is 2.17. The number of hydrogen-bond donors (Lipinski definition) is 1. The van der Waals surface area contributed by atoms with E-state index in [2.05, 4.69) is 16.3 Å². The van der Waals surface area contributed by atoms with Crippen LogP contribution in [0.1, 0.15) is 0 Å². The molecule has 4 heteroatoms. The molecule has 94 valence electrons. The quantitative estimate of drug-likeness (QED) is 0.810. The molecule has 0 aromatic heterocycles. The lowest BCUT2D eigenvalue weighted by Crippen LogP contribution is -2.40. The summed E-state index contributed by atoms with van der Waals surface area (Å²) in [5.41, 5.74) is 1.10. The normalized spacial score (nSPS) is 15.7. The van der Waals surface area contributed by atoms with Gasteiger partial charge in [-0.15, -0.1) is 0 Å². The first-order valence-electron chi connectivity index (χ1n) is 5.96. The Bertz CT molecular complexity index is 351. The highest BCUT2D eigenvalue weighted by molar-refractivity contribution is 5.49. The minimum absolute atomic E-state index is 0.451. The van der Waals surface area contributed by atoms with E-state index in [1.807, 2.05) is 32.3 Å². The van der Waals surface area contributed by atoms with Crippen molar-refractivity contribution in [3.05, 3.63) is 24.3 Å². The number of likely N-dealkylation sites (N-methyl/N-ethyl adjacent to an activating group) is 1.